The molecule has 78 valence electrons. The van der Waals surface area contributed by atoms with Gasteiger partial charge in [-0.15, -0.1) is 0 Å². The molecule has 0 unspecified atom stereocenters. The van der Waals surface area contributed by atoms with Crippen molar-refractivity contribution in [2.24, 2.45) is 5.73 Å². The van der Waals surface area contributed by atoms with Gasteiger partial charge in [0, 0.05) is 0 Å². The molecule has 4 heteroatoms. The summed E-state index contributed by atoms with van der Waals surface area (Å²) in [6.45, 7) is 5.53. The van der Waals surface area contributed by atoms with Gasteiger partial charge in [0.15, 0.2) is 0 Å². The van der Waals surface area contributed by atoms with Crippen molar-refractivity contribution in [3.63, 3.8) is 0 Å². The van der Waals surface area contributed by atoms with Crippen molar-refractivity contribution in [1.82, 2.24) is 4.90 Å². The van der Waals surface area contributed by atoms with Gasteiger partial charge in [0.05, 0.1) is 12.6 Å². The van der Waals surface area contributed by atoms with Crippen molar-refractivity contribution in [3.05, 3.63) is 0 Å². The van der Waals surface area contributed by atoms with Crippen LogP contribution in [0.3, 0.4) is 0 Å². The number of carbonyl (C=O) groups excluding carboxylic acids is 1. The summed E-state index contributed by atoms with van der Waals surface area (Å²) in [7, 11) is 1.89. The zero-order chi connectivity index (χ0) is 10.3. The topological polar surface area (TPSA) is 55.6 Å². The highest BCUT2D eigenvalue weighted by Gasteiger charge is 2.08. The number of hydrogen-bond donors (Lipinski definition) is 1. The lowest BCUT2D eigenvalue weighted by Crippen LogP contribution is -2.30. The maximum atomic E-state index is 11.1. The summed E-state index contributed by atoms with van der Waals surface area (Å²) in [5.74, 6) is -0.172. The van der Waals surface area contributed by atoms with Crippen LogP contribution in [0.5, 0.6) is 0 Å². The van der Waals surface area contributed by atoms with Crippen LogP contribution in [-0.4, -0.2) is 43.7 Å². The lowest BCUT2D eigenvalue weighted by molar-refractivity contribution is -0.148. The summed E-state index contributed by atoms with van der Waals surface area (Å²) >= 11 is 0. The molecule has 0 aliphatic carbocycles. The molecule has 0 heterocycles. The molecule has 0 saturated carbocycles. The minimum atomic E-state index is -0.172. The van der Waals surface area contributed by atoms with Crippen molar-refractivity contribution < 1.29 is 9.53 Å². The largest absolute Gasteiger partial charge is 0.462 e. The Hall–Kier alpha value is -0.610. The van der Waals surface area contributed by atoms with Crippen molar-refractivity contribution >= 4 is 5.97 Å². The molecular weight excluding hydrogens is 168 g/mol. The van der Waals surface area contributed by atoms with Crippen LogP contribution in [0.25, 0.3) is 0 Å². The quantitative estimate of drug-likeness (QED) is 0.606. The fourth-order valence-electron chi connectivity index (χ4n) is 0.961. The van der Waals surface area contributed by atoms with Gasteiger partial charge in [-0.05, 0) is 40.4 Å². The predicted octanol–water partition coefficient (Wildman–Crippen LogP) is 0.219. The second-order valence-electron chi connectivity index (χ2n) is 3.42. The SMILES string of the molecule is CC(C)OC(=O)CN(C)CCCN. The normalized spacial score (nSPS) is 10.9. The van der Waals surface area contributed by atoms with Crippen LogP contribution >= 0.6 is 0 Å². The van der Waals surface area contributed by atoms with E-state index in [0.717, 1.165) is 13.0 Å². The molecule has 0 spiro atoms. The first-order valence-electron chi connectivity index (χ1n) is 4.64. The molecule has 0 fully saturated rings. The van der Waals surface area contributed by atoms with Crippen LogP contribution in [0.2, 0.25) is 0 Å². The minimum Gasteiger partial charge on any atom is -0.462 e. The van der Waals surface area contributed by atoms with E-state index in [1.807, 2.05) is 25.8 Å². The Bertz CT molecular complexity index is 149. The highest BCUT2D eigenvalue weighted by atomic mass is 16.5. The molecule has 13 heavy (non-hydrogen) atoms. The van der Waals surface area contributed by atoms with E-state index in [-0.39, 0.29) is 12.1 Å². The Balaban J connectivity index is 3.53. The lowest BCUT2D eigenvalue weighted by atomic mass is 10.4. The maximum absolute atomic E-state index is 11.1. The van der Waals surface area contributed by atoms with E-state index >= 15 is 0 Å². The first-order valence-corrected chi connectivity index (χ1v) is 4.64. The highest BCUT2D eigenvalue weighted by molar-refractivity contribution is 5.71. The Kier molecular flexibility index (Phi) is 6.54. The third-order valence-corrected chi connectivity index (χ3v) is 1.51. The van der Waals surface area contributed by atoms with Crippen molar-refractivity contribution in [1.29, 1.82) is 0 Å². The second-order valence-corrected chi connectivity index (χ2v) is 3.42. The van der Waals surface area contributed by atoms with Gasteiger partial charge < -0.3 is 10.5 Å². The Morgan fingerprint density at radius 3 is 2.62 bits per heavy atom. The summed E-state index contributed by atoms with van der Waals surface area (Å²) in [5, 5.41) is 0. The molecule has 0 aromatic rings. The Morgan fingerprint density at radius 2 is 2.15 bits per heavy atom. The number of nitrogens with two attached hydrogens (primary N) is 1. The summed E-state index contributed by atoms with van der Waals surface area (Å²) in [6, 6.07) is 0. The zero-order valence-electron chi connectivity index (χ0n) is 8.75. The second kappa shape index (κ2) is 6.86. The van der Waals surface area contributed by atoms with E-state index in [1.54, 1.807) is 0 Å². The van der Waals surface area contributed by atoms with Crippen molar-refractivity contribution in [3.8, 4) is 0 Å². The van der Waals surface area contributed by atoms with Gasteiger partial charge in [0.2, 0.25) is 0 Å². The minimum absolute atomic E-state index is 0.0320. The predicted molar refractivity (Wildman–Crippen MR) is 52.4 cm³/mol. The van der Waals surface area contributed by atoms with Crippen LogP contribution in [0.1, 0.15) is 20.3 Å². The van der Waals surface area contributed by atoms with Gasteiger partial charge in [-0.3, -0.25) is 9.69 Å². The molecule has 0 saturated heterocycles. The van der Waals surface area contributed by atoms with Gasteiger partial charge >= 0.3 is 5.97 Å². The first kappa shape index (κ1) is 12.4. The zero-order valence-corrected chi connectivity index (χ0v) is 8.75. The van der Waals surface area contributed by atoms with E-state index in [0.29, 0.717) is 13.1 Å². The molecule has 0 aromatic heterocycles. The molecule has 0 aliphatic rings. The molecule has 0 aromatic carbocycles. The van der Waals surface area contributed by atoms with Crippen LogP contribution in [0.4, 0.5) is 0 Å². The molecular formula is C9H20N2O2. The third kappa shape index (κ3) is 7.74. The molecule has 2 N–H and O–H groups in total. The smallest absolute Gasteiger partial charge is 0.320 e. The van der Waals surface area contributed by atoms with Gasteiger partial charge in [0.1, 0.15) is 0 Å². The number of likely N-dealkylation sites (N-methyl/N-ethyl adjacent to an activating group) is 1. The van der Waals surface area contributed by atoms with Crippen LogP contribution in [-0.2, 0) is 9.53 Å². The number of rotatable bonds is 6. The first-order chi connectivity index (χ1) is 6.06. The average molecular weight is 188 g/mol. The van der Waals surface area contributed by atoms with Crippen LogP contribution in [0, 0.1) is 0 Å². The average Bonchev–Trinajstić information content (AvgIpc) is 1.98. The number of esters is 1. The number of carbonyl (C=O) groups is 1. The summed E-state index contributed by atoms with van der Waals surface area (Å²) < 4.78 is 4.99. The lowest BCUT2D eigenvalue weighted by Gasteiger charge is -2.16. The Labute approximate surface area is 80.0 Å². The summed E-state index contributed by atoms with van der Waals surface area (Å²) in [6.07, 6.45) is 0.876. The number of nitrogens with zero attached hydrogens (tertiary/aromatic N) is 1. The maximum Gasteiger partial charge on any atom is 0.320 e. The summed E-state index contributed by atoms with van der Waals surface area (Å²) in [4.78, 5) is 13.0. The third-order valence-electron chi connectivity index (χ3n) is 1.51. The van der Waals surface area contributed by atoms with E-state index in [9.17, 15) is 4.79 Å². The molecule has 0 amide bonds. The standard InChI is InChI=1S/C9H20N2O2/c1-8(2)13-9(12)7-11(3)6-4-5-10/h8H,4-7,10H2,1-3H3. The van der Waals surface area contributed by atoms with E-state index in [4.69, 9.17) is 10.5 Å². The van der Waals surface area contributed by atoms with E-state index < -0.39 is 0 Å². The molecule has 0 bridgehead atoms. The van der Waals surface area contributed by atoms with Crippen molar-refractivity contribution in [2.75, 3.05) is 26.7 Å². The van der Waals surface area contributed by atoms with Crippen molar-refractivity contribution in [2.45, 2.75) is 26.4 Å². The van der Waals surface area contributed by atoms with Gasteiger partial charge in [-0.25, -0.2) is 0 Å². The van der Waals surface area contributed by atoms with Crippen LogP contribution < -0.4 is 5.73 Å². The van der Waals surface area contributed by atoms with Gasteiger partial charge in [0.25, 0.3) is 0 Å². The van der Waals surface area contributed by atoms with Gasteiger partial charge in [-0.2, -0.15) is 0 Å². The van der Waals surface area contributed by atoms with E-state index in [1.165, 1.54) is 0 Å². The number of hydrogen-bond acceptors (Lipinski definition) is 4. The monoisotopic (exact) mass is 188 g/mol. The molecule has 4 nitrogen and oxygen atoms in total. The van der Waals surface area contributed by atoms with Gasteiger partial charge in [-0.1, -0.05) is 0 Å². The fraction of sp³-hybridized carbons (Fsp3) is 0.889. The summed E-state index contributed by atoms with van der Waals surface area (Å²) in [5.41, 5.74) is 5.35. The van der Waals surface area contributed by atoms with E-state index in [2.05, 4.69) is 0 Å². The highest BCUT2D eigenvalue weighted by Crippen LogP contribution is 1.92. The number of ether oxygens (including phenoxy) is 1. The Morgan fingerprint density at radius 1 is 1.54 bits per heavy atom. The molecule has 0 radical (unpaired) electrons. The molecule has 0 rings (SSSR count). The molecule has 0 aliphatic heterocycles. The van der Waals surface area contributed by atoms with Crippen LogP contribution in [0.15, 0.2) is 0 Å². The molecule has 0 atom stereocenters. The fourth-order valence-corrected chi connectivity index (χ4v) is 0.961.